The Morgan fingerprint density at radius 1 is 0.686 bits per heavy atom. The van der Waals surface area contributed by atoms with Gasteiger partial charge in [0.25, 0.3) is 5.91 Å². The number of benzene rings is 3. The molecule has 51 heavy (non-hydrogen) atoms. The van der Waals surface area contributed by atoms with Crippen molar-refractivity contribution in [3.63, 3.8) is 0 Å². The molecule has 0 spiro atoms. The molecule has 3 rings (SSSR count). The molecule has 13 nitrogen and oxygen atoms in total. The summed E-state index contributed by atoms with van der Waals surface area (Å²) in [4.78, 5) is 66.1. The standard InChI is InChI=1S/C38H50N8O5/c1-6-16-29(42-35(48)30(39-4)23-25(2)3)34(37(50)41-24-31(47)43-33(36(49)40-5)28-21-14-9-15-22-28)45-46-38(51)44-32(26-17-10-7-11-18-26)27-19-12-8-13-20-27/h7-15,17-22,25,29-30,32-33,39H,6,16,23-24H2,1-5H3,(H,40,49)(H,41,50)(H,42,48)(H,43,47)(H2,44,46,51)/b45-34-. The fourth-order valence-corrected chi connectivity index (χ4v) is 5.43. The average Bonchev–Trinajstić information content (AvgIpc) is 3.14. The molecule has 13 heteroatoms. The van der Waals surface area contributed by atoms with E-state index in [1.54, 1.807) is 37.4 Å². The zero-order valence-electron chi connectivity index (χ0n) is 29.9. The Labute approximate surface area is 299 Å². The van der Waals surface area contributed by atoms with Crippen LogP contribution in [0.15, 0.2) is 96.1 Å². The molecule has 0 bridgehead atoms. The maximum absolute atomic E-state index is 13.7. The number of amides is 6. The van der Waals surface area contributed by atoms with E-state index in [1.165, 1.54) is 7.05 Å². The van der Waals surface area contributed by atoms with Gasteiger partial charge < -0.3 is 31.9 Å². The minimum Gasteiger partial charge on any atom is -0.357 e. The Balaban J connectivity index is 1.86. The Morgan fingerprint density at radius 3 is 1.73 bits per heavy atom. The van der Waals surface area contributed by atoms with E-state index in [2.05, 4.69) is 42.4 Å². The molecule has 0 aliphatic rings. The van der Waals surface area contributed by atoms with Gasteiger partial charge in [0.1, 0.15) is 11.8 Å². The molecule has 3 aromatic carbocycles. The molecule has 0 aliphatic carbocycles. The third-order valence-corrected chi connectivity index (χ3v) is 8.00. The van der Waals surface area contributed by atoms with Crippen molar-refractivity contribution >= 4 is 35.4 Å². The molecule has 6 amide bonds. The van der Waals surface area contributed by atoms with Crippen LogP contribution in [0.5, 0.6) is 0 Å². The Kier molecular flexibility index (Phi) is 16.3. The summed E-state index contributed by atoms with van der Waals surface area (Å²) in [6.45, 7) is 5.38. The molecule has 3 atom stereocenters. The van der Waals surface area contributed by atoms with Crippen molar-refractivity contribution in [2.75, 3.05) is 20.6 Å². The van der Waals surface area contributed by atoms with Crippen LogP contribution in [-0.2, 0) is 19.2 Å². The van der Waals surface area contributed by atoms with E-state index < -0.39 is 54.5 Å². The zero-order chi connectivity index (χ0) is 37.2. The van der Waals surface area contributed by atoms with E-state index in [0.29, 0.717) is 24.8 Å². The van der Waals surface area contributed by atoms with E-state index in [1.807, 2.05) is 81.4 Å². The van der Waals surface area contributed by atoms with Gasteiger partial charge in [-0.2, -0.15) is 5.10 Å². The van der Waals surface area contributed by atoms with Gasteiger partial charge in [0, 0.05) is 7.05 Å². The van der Waals surface area contributed by atoms with Crippen LogP contribution in [-0.4, -0.2) is 68.1 Å². The SMILES string of the molecule is CCCC(NC(=O)C(CC(C)C)NC)/C(=N/NC(=O)NC(c1ccccc1)c1ccccc1)C(=O)NCC(=O)NC(C(=O)NC)c1ccccc1. The normalized spacial score (nSPS) is 13.0. The number of urea groups is 1. The molecule has 0 aromatic heterocycles. The quantitative estimate of drug-likeness (QED) is 0.0792. The van der Waals surface area contributed by atoms with Crippen molar-refractivity contribution in [1.82, 2.24) is 37.3 Å². The first-order valence-electron chi connectivity index (χ1n) is 17.1. The fourth-order valence-electron chi connectivity index (χ4n) is 5.43. The van der Waals surface area contributed by atoms with Crippen LogP contribution in [0.25, 0.3) is 0 Å². The molecule has 0 saturated heterocycles. The largest absolute Gasteiger partial charge is 0.357 e. The maximum atomic E-state index is 13.7. The number of nitrogens with zero attached hydrogens (tertiary/aromatic N) is 1. The second-order valence-electron chi connectivity index (χ2n) is 12.4. The summed E-state index contributed by atoms with van der Waals surface area (Å²) in [7, 11) is 3.15. The number of carbonyl (C=O) groups excluding carboxylic acids is 5. The smallest absolute Gasteiger partial charge is 0.335 e. The van der Waals surface area contributed by atoms with E-state index in [-0.39, 0.29) is 17.5 Å². The van der Waals surface area contributed by atoms with Crippen LogP contribution in [0.4, 0.5) is 4.79 Å². The molecule has 7 N–H and O–H groups in total. The van der Waals surface area contributed by atoms with Crippen molar-refractivity contribution in [2.45, 2.75) is 64.2 Å². The molecule has 0 radical (unpaired) electrons. The number of hydrazone groups is 1. The van der Waals surface area contributed by atoms with Crippen LogP contribution in [0.1, 0.15) is 68.8 Å². The first-order chi connectivity index (χ1) is 24.6. The van der Waals surface area contributed by atoms with Crippen molar-refractivity contribution in [1.29, 1.82) is 0 Å². The molecule has 0 saturated carbocycles. The molecule has 0 fully saturated rings. The molecule has 0 aliphatic heterocycles. The zero-order valence-corrected chi connectivity index (χ0v) is 29.9. The number of rotatable bonds is 18. The second kappa shape index (κ2) is 20.8. The van der Waals surface area contributed by atoms with Gasteiger partial charge in [0.2, 0.25) is 17.7 Å². The predicted octanol–water partition coefficient (Wildman–Crippen LogP) is 3.07. The van der Waals surface area contributed by atoms with Gasteiger partial charge >= 0.3 is 6.03 Å². The van der Waals surface area contributed by atoms with Crippen molar-refractivity contribution in [3.05, 3.63) is 108 Å². The number of carbonyl (C=O) groups is 5. The summed E-state index contributed by atoms with van der Waals surface area (Å²) < 4.78 is 0. The first kappa shape index (κ1) is 39.9. The molecular weight excluding hydrogens is 648 g/mol. The Hall–Kier alpha value is -5.56. The highest BCUT2D eigenvalue weighted by Crippen LogP contribution is 2.21. The third kappa shape index (κ3) is 12.7. The summed E-state index contributed by atoms with van der Waals surface area (Å²) in [5, 5.41) is 20.8. The van der Waals surface area contributed by atoms with Gasteiger partial charge in [-0.25, -0.2) is 10.2 Å². The van der Waals surface area contributed by atoms with E-state index in [0.717, 1.165) is 11.1 Å². The lowest BCUT2D eigenvalue weighted by atomic mass is 9.99. The molecule has 0 heterocycles. The number of likely N-dealkylation sites (N-methyl/N-ethyl adjacent to an activating group) is 2. The van der Waals surface area contributed by atoms with Gasteiger partial charge in [-0.3, -0.25) is 19.2 Å². The lowest BCUT2D eigenvalue weighted by molar-refractivity contribution is -0.129. The minimum atomic E-state index is -0.993. The van der Waals surface area contributed by atoms with Crippen molar-refractivity contribution in [3.8, 4) is 0 Å². The second-order valence-corrected chi connectivity index (χ2v) is 12.4. The van der Waals surface area contributed by atoms with Crippen LogP contribution in [0, 0.1) is 5.92 Å². The monoisotopic (exact) mass is 698 g/mol. The third-order valence-electron chi connectivity index (χ3n) is 8.00. The lowest BCUT2D eigenvalue weighted by Gasteiger charge is -2.24. The van der Waals surface area contributed by atoms with Gasteiger partial charge in [-0.05, 0) is 42.5 Å². The summed E-state index contributed by atoms with van der Waals surface area (Å²) in [6.07, 6.45) is 1.43. The van der Waals surface area contributed by atoms with Crippen LogP contribution >= 0.6 is 0 Å². The highest BCUT2D eigenvalue weighted by molar-refractivity contribution is 6.41. The van der Waals surface area contributed by atoms with E-state index in [9.17, 15) is 24.0 Å². The lowest BCUT2D eigenvalue weighted by Crippen LogP contribution is -2.54. The summed E-state index contributed by atoms with van der Waals surface area (Å²) in [6, 6.07) is 23.8. The van der Waals surface area contributed by atoms with Crippen LogP contribution < -0.4 is 37.3 Å². The number of hydrogen-bond donors (Lipinski definition) is 7. The highest BCUT2D eigenvalue weighted by Gasteiger charge is 2.29. The Morgan fingerprint density at radius 2 is 1.24 bits per heavy atom. The van der Waals surface area contributed by atoms with E-state index in [4.69, 9.17) is 0 Å². The van der Waals surface area contributed by atoms with Gasteiger partial charge in [0.15, 0.2) is 0 Å². The highest BCUT2D eigenvalue weighted by atomic mass is 16.2. The topological polar surface area (TPSA) is 182 Å². The molecule has 3 unspecified atom stereocenters. The molecule has 3 aromatic rings. The van der Waals surface area contributed by atoms with Crippen LogP contribution in [0.3, 0.4) is 0 Å². The molecular formula is C38H50N8O5. The van der Waals surface area contributed by atoms with Gasteiger partial charge in [0.05, 0.1) is 24.7 Å². The summed E-state index contributed by atoms with van der Waals surface area (Å²) >= 11 is 0. The summed E-state index contributed by atoms with van der Waals surface area (Å²) in [5.74, 6) is -1.98. The van der Waals surface area contributed by atoms with Crippen molar-refractivity contribution < 1.29 is 24.0 Å². The maximum Gasteiger partial charge on any atom is 0.335 e. The van der Waals surface area contributed by atoms with E-state index >= 15 is 0 Å². The number of hydrogen-bond acceptors (Lipinski definition) is 7. The number of nitrogens with one attached hydrogen (secondary N) is 7. The minimum absolute atomic E-state index is 0.200. The summed E-state index contributed by atoms with van der Waals surface area (Å²) in [5.41, 5.74) is 4.46. The average molecular weight is 699 g/mol. The predicted molar refractivity (Wildman–Crippen MR) is 197 cm³/mol. The van der Waals surface area contributed by atoms with Crippen molar-refractivity contribution in [2.24, 2.45) is 11.0 Å². The van der Waals surface area contributed by atoms with Gasteiger partial charge in [-0.15, -0.1) is 0 Å². The van der Waals surface area contributed by atoms with Crippen LogP contribution in [0.2, 0.25) is 0 Å². The first-order valence-corrected chi connectivity index (χ1v) is 17.1. The Bertz CT molecular complexity index is 1560. The molecule has 272 valence electrons. The fraction of sp³-hybridized carbons (Fsp3) is 0.368. The van der Waals surface area contributed by atoms with Gasteiger partial charge in [-0.1, -0.05) is 118 Å².